The van der Waals surface area contributed by atoms with E-state index in [1.54, 1.807) is 19.9 Å². The summed E-state index contributed by atoms with van der Waals surface area (Å²) in [4.78, 5) is 14.8. The third-order valence-corrected chi connectivity index (χ3v) is 11.6. The molecular formula is C32H42FNO6. The molecule has 8 heteroatoms. The van der Waals surface area contributed by atoms with Crippen LogP contribution in [0.3, 0.4) is 0 Å². The molecule has 218 valence electrons. The normalized spacial score (nSPS) is 44.1. The number of carbonyl (C=O) groups excluding carboxylic acids is 1. The highest BCUT2D eigenvalue weighted by molar-refractivity contribution is 5.87. The summed E-state index contributed by atoms with van der Waals surface area (Å²) in [5.41, 5.74) is -1.39. The molecule has 7 nitrogen and oxygen atoms in total. The Balaban J connectivity index is 1.49. The van der Waals surface area contributed by atoms with Crippen LogP contribution < -0.4 is 4.90 Å². The van der Waals surface area contributed by atoms with Gasteiger partial charge in [0.25, 0.3) is 0 Å². The lowest BCUT2D eigenvalue weighted by atomic mass is 9.57. The highest BCUT2D eigenvalue weighted by Crippen LogP contribution is 2.80. The molecule has 9 unspecified atom stereocenters. The molecule has 1 spiro atoms. The molecule has 1 aliphatic heterocycles. The molecule has 1 aromatic carbocycles. The molecule has 1 amide bonds. The van der Waals surface area contributed by atoms with Gasteiger partial charge in [-0.05, 0) is 79.2 Å². The Labute approximate surface area is 236 Å². The summed E-state index contributed by atoms with van der Waals surface area (Å²) in [5.74, 6) is -1.53. The Hall–Kier alpha value is -2.26. The van der Waals surface area contributed by atoms with Gasteiger partial charge in [-0.1, -0.05) is 45.9 Å². The zero-order valence-corrected chi connectivity index (χ0v) is 24.7. The van der Waals surface area contributed by atoms with Gasteiger partial charge in [-0.25, -0.2) is 9.18 Å². The number of carbonyl (C=O) groups is 1. The SMILES string of the molecule is CC1=CC23C(C)CC4C(C)(C)C4(C)C(C=C4COC(C)(C)OC4C2(O)C1OC(=O)N(C)c1cccc(F)c1)C3O. The highest BCUT2D eigenvalue weighted by atomic mass is 19.1. The van der Waals surface area contributed by atoms with Crippen molar-refractivity contribution in [2.45, 2.75) is 84.6 Å². The first-order valence-electron chi connectivity index (χ1n) is 14.3. The molecular weight excluding hydrogens is 513 g/mol. The maximum absolute atomic E-state index is 13.9. The Kier molecular flexibility index (Phi) is 5.86. The minimum Gasteiger partial charge on any atom is -0.438 e. The van der Waals surface area contributed by atoms with Gasteiger partial charge in [0.15, 0.2) is 11.9 Å². The van der Waals surface area contributed by atoms with E-state index < -0.39 is 47.0 Å². The smallest absolute Gasteiger partial charge is 0.414 e. The van der Waals surface area contributed by atoms with Gasteiger partial charge < -0.3 is 24.4 Å². The first kappa shape index (κ1) is 27.9. The van der Waals surface area contributed by atoms with E-state index in [0.717, 1.165) is 12.0 Å². The summed E-state index contributed by atoms with van der Waals surface area (Å²) in [6.45, 7) is 14.5. The fourth-order valence-electron chi connectivity index (χ4n) is 9.05. The molecule has 2 saturated carbocycles. The first-order chi connectivity index (χ1) is 18.5. The number of amides is 1. The van der Waals surface area contributed by atoms with E-state index in [-0.39, 0.29) is 29.3 Å². The van der Waals surface area contributed by atoms with Gasteiger partial charge in [0, 0.05) is 18.7 Å². The summed E-state index contributed by atoms with van der Waals surface area (Å²) in [6, 6.07) is 5.70. The predicted octanol–water partition coefficient (Wildman–Crippen LogP) is 5.22. The maximum atomic E-state index is 13.9. The Morgan fingerprint density at radius 2 is 1.90 bits per heavy atom. The van der Waals surface area contributed by atoms with Crippen LogP contribution in [0.25, 0.3) is 0 Å². The number of hydrogen-bond acceptors (Lipinski definition) is 6. The molecule has 6 rings (SSSR count). The monoisotopic (exact) mass is 555 g/mol. The molecule has 1 saturated heterocycles. The van der Waals surface area contributed by atoms with Crippen molar-refractivity contribution in [1.82, 2.24) is 0 Å². The summed E-state index contributed by atoms with van der Waals surface area (Å²) in [6.07, 6.45) is 1.17. The Bertz CT molecular complexity index is 1320. The minimum atomic E-state index is -1.81. The van der Waals surface area contributed by atoms with Crippen molar-refractivity contribution in [3.8, 4) is 0 Å². The van der Waals surface area contributed by atoms with Gasteiger partial charge in [0.05, 0.1) is 18.1 Å². The molecule has 5 aliphatic rings. The van der Waals surface area contributed by atoms with Crippen molar-refractivity contribution in [3.63, 3.8) is 0 Å². The molecule has 1 heterocycles. The van der Waals surface area contributed by atoms with E-state index in [9.17, 15) is 19.4 Å². The second-order valence-corrected chi connectivity index (χ2v) is 14.0. The van der Waals surface area contributed by atoms with Crippen molar-refractivity contribution in [2.75, 3.05) is 18.6 Å². The van der Waals surface area contributed by atoms with Gasteiger partial charge in [0.2, 0.25) is 0 Å². The molecule has 9 atom stereocenters. The number of halogens is 1. The van der Waals surface area contributed by atoms with E-state index in [1.165, 1.54) is 30.1 Å². The summed E-state index contributed by atoms with van der Waals surface area (Å²) < 4.78 is 32.7. The van der Waals surface area contributed by atoms with E-state index in [2.05, 4.69) is 33.8 Å². The molecule has 0 aromatic heterocycles. The molecule has 0 radical (unpaired) electrons. The third kappa shape index (κ3) is 3.33. The van der Waals surface area contributed by atoms with Gasteiger partial charge in [-0.3, -0.25) is 4.90 Å². The van der Waals surface area contributed by atoms with Crippen molar-refractivity contribution in [1.29, 1.82) is 0 Å². The number of anilines is 1. The summed E-state index contributed by atoms with van der Waals surface area (Å²) in [5, 5.41) is 25.7. The summed E-state index contributed by atoms with van der Waals surface area (Å²) >= 11 is 0. The van der Waals surface area contributed by atoms with Crippen LogP contribution in [-0.4, -0.2) is 59.7 Å². The van der Waals surface area contributed by atoms with Gasteiger partial charge in [0.1, 0.15) is 17.5 Å². The number of fused-ring (bicyclic) bond motifs is 5. The number of aliphatic hydroxyl groups is 2. The van der Waals surface area contributed by atoms with Crippen LogP contribution in [0.15, 0.2) is 47.6 Å². The second-order valence-electron chi connectivity index (χ2n) is 14.0. The molecule has 40 heavy (non-hydrogen) atoms. The van der Waals surface area contributed by atoms with Gasteiger partial charge in [-0.2, -0.15) is 0 Å². The van der Waals surface area contributed by atoms with E-state index in [0.29, 0.717) is 17.2 Å². The van der Waals surface area contributed by atoms with Crippen molar-refractivity contribution < 1.29 is 33.6 Å². The summed E-state index contributed by atoms with van der Waals surface area (Å²) in [7, 11) is 1.51. The van der Waals surface area contributed by atoms with Gasteiger partial charge in [-0.15, -0.1) is 0 Å². The molecule has 2 bridgehead atoms. The number of ether oxygens (including phenoxy) is 3. The van der Waals surface area contributed by atoms with Crippen LogP contribution in [-0.2, 0) is 14.2 Å². The first-order valence-corrected chi connectivity index (χ1v) is 14.3. The largest absolute Gasteiger partial charge is 0.438 e. The van der Waals surface area contributed by atoms with Crippen LogP contribution in [0.5, 0.6) is 0 Å². The second kappa shape index (κ2) is 8.40. The fraction of sp³-hybridized carbons (Fsp3) is 0.656. The number of nitrogens with zero attached hydrogens (tertiary/aromatic N) is 1. The van der Waals surface area contributed by atoms with Crippen molar-refractivity contribution in [2.24, 2.45) is 34.0 Å². The Morgan fingerprint density at radius 1 is 1.20 bits per heavy atom. The van der Waals surface area contributed by atoms with E-state index >= 15 is 0 Å². The molecule has 4 aliphatic carbocycles. The standard InChI is InChI=1S/C32H42FNO6/c1-17-15-31-18(2)12-23-28(3,4)30(23,7)22(24(31)35)13-19-16-38-29(5,6)40-26(19)32(31,37)25(17)39-27(36)34(8)21-11-9-10-20(33)14-21/h9-11,13-15,18,22-26,35,37H,12,16H2,1-8H3. The topological polar surface area (TPSA) is 88.5 Å². The minimum absolute atomic E-state index is 0.0100. The van der Waals surface area contributed by atoms with E-state index in [1.807, 2.05) is 13.0 Å². The number of benzene rings is 1. The number of rotatable bonds is 2. The van der Waals surface area contributed by atoms with Crippen LogP contribution in [0.1, 0.15) is 54.9 Å². The lowest BCUT2D eigenvalue weighted by Crippen LogP contribution is -2.69. The number of hydrogen-bond donors (Lipinski definition) is 2. The molecule has 2 N–H and O–H groups in total. The maximum Gasteiger partial charge on any atom is 0.414 e. The fourth-order valence-corrected chi connectivity index (χ4v) is 9.05. The average molecular weight is 556 g/mol. The third-order valence-electron chi connectivity index (χ3n) is 11.6. The Morgan fingerprint density at radius 3 is 2.58 bits per heavy atom. The molecule has 1 aromatic rings. The zero-order chi connectivity index (χ0) is 29.2. The van der Waals surface area contributed by atoms with E-state index in [4.69, 9.17) is 14.2 Å². The predicted molar refractivity (Wildman–Crippen MR) is 148 cm³/mol. The van der Waals surface area contributed by atoms with Crippen molar-refractivity contribution >= 4 is 11.8 Å². The lowest BCUT2D eigenvalue weighted by molar-refractivity contribution is -0.312. The average Bonchev–Trinajstić information content (AvgIpc) is 3.24. The quantitative estimate of drug-likeness (QED) is 0.487. The number of aliphatic hydroxyl groups excluding tert-OH is 1. The van der Waals surface area contributed by atoms with Crippen LogP contribution in [0, 0.1) is 39.8 Å². The van der Waals surface area contributed by atoms with Crippen LogP contribution in [0.4, 0.5) is 14.9 Å². The van der Waals surface area contributed by atoms with Crippen LogP contribution >= 0.6 is 0 Å². The molecule has 3 fully saturated rings. The zero-order valence-electron chi connectivity index (χ0n) is 24.7. The highest BCUT2D eigenvalue weighted by Gasteiger charge is 2.80. The lowest BCUT2D eigenvalue weighted by Gasteiger charge is -2.55. The van der Waals surface area contributed by atoms with Crippen LogP contribution in [0.2, 0.25) is 0 Å². The van der Waals surface area contributed by atoms with Crippen molar-refractivity contribution in [3.05, 3.63) is 53.4 Å². The van der Waals surface area contributed by atoms with Gasteiger partial charge >= 0.3 is 6.09 Å².